The summed E-state index contributed by atoms with van der Waals surface area (Å²) >= 11 is 0. The maximum Gasteiger partial charge on any atom is 0.219 e. The highest BCUT2D eigenvalue weighted by Gasteiger charge is 2.21. The third-order valence-electron chi connectivity index (χ3n) is 1.65. The van der Waals surface area contributed by atoms with E-state index in [9.17, 15) is 4.79 Å². The lowest BCUT2D eigenvalue weighted by Gasteiger charge is -2.28. The molecule has 0 aromatic carbocycles. The Morgan fingerprint density at radius 3 is 2.62 bits per heavy atom. The van der Waals surface area contributed by atoms with Gasteiger partial charge in [0.05, 0.1) is 12.5 Å². The predicted molar refractivity (Wildman–Crippen MR) is 50.7 cm³/mol. The molecule has 13 heavy (non-hydrogen) atoms. The van der Waals surface area contributed by atoms with Crippen molar-refractivity contribution in [1.82, 2.24) is 5.32 Å². The topological polar surface area (TPSA) is 78.9 Å². The Balaban J connectivity index is 4.01. The predicted octanol–water partition coefficient (Wildman–Crippen LogP) is 0.532. The zero-order valence-electron chi connectivity index (χ0n) is 8.42. The summed E-state index contributed by atoms with van der Waals surface area (Å²) in [5, 5.41) is 11.6. The number of rotatable bonds is 5. The zero-order valence-corrected chi connectivity index (χ0v) is 8.42. The van der Waals surface area contributed by atoms with Gasteiger partial charge in [0.2, 0.25) is 5.91 Å². The summed E-state index contributed by atoms with van der Waals surface area (Å²) in [7, 11) is 0. The number of amides is 1. The molecule has 4 heteroatoms. The van der Waals surface area contributed by atoms with Gasteiger partial charge < -0.3 is 11.1 Å². The minimum atomic E-state index is -0.332. The van der Waals surface area contributed by atoms with Gasteiger partial charge in [0, 0.05) is 18.0 Å². The number of nitrogens with two attached hydrogens (primary N) is 1. The first-order chi connectivity index (χ1) is 5.87. The maximum absolute atomic E-state index is 10.7. The molecule has 0 rings (SSSR count). The van der Waals surface area contributed by atoms with Crippen LogP contribution in [0, 0.1) is 11.3 Å². The Morgan fingerprint density at radius 1 is 1.69 bits per heavy atom. The van der Waals surface area contributed by atoms with Crippen molar-refractivity contribution < 1.29 is 4.79 Å². The fourth-order valence-electron chi connectivity index (χ4n) is 1.34. The minimum absolute atomic E-state index is 0.0827. The number of hydrogen-bond donors (Lipinski definition) is 2. The van der Waals surface area contributed by atoms with Crippen molar-refractivity contribution in [3.8, 4) is 6.07 Å². The normalized spacial score (nSPS) is 13.4. The van der Waals surface area contributed by atoms with Gasteiger partial charge in [0.1, 0.15) is 0 Å². The third kappa shape index (κ3) is 6.12. The van der Waals surface area contributed by atoms with Crippen LogP contribution < -0.4 is 11.1 Å². The molecular weight excluding hydrogens is 166 g/mol. The number of carbonyl (C=O) groups excluding carboxylic acids is 1. The molecule has 0 bridgehead atoms. The van der Waals surface area contributed by atoms with Gasteiger partial charge in [-0.15, -0.1) is 0 Å². The quantitative estimate of drug-likeness (QED) is 0.652. The molecule has 0 aliphatic rings. The molecule has 0 radical (unpaired) electrons. The molecule has 0 aliphatic carbocycles. The molecule has 0 spiro atoms. The van der Waals surface area contributed by atoms with Crippen molar-refractivity contribution in [2.24, 2.45) is 5.73 Å². The minimum Gasteiger partial charge on any atom is -0.370 e. The first-order valence-corrected chi connectivity index (χ1v) is 4.30. The Morgan fingerprint density at radius 2 is 2.23 bits per heavy atom. The van der Waals surface area contributed by atoms with E-state index in [0.29, 0.717) is 6.42 Å². The SMILES string of the molecule is CC(CC#N)NC(C)(C)CC(N)=O. The van der Waals surface area contributed by atoms with Crippen LogP contribution in [0.25, 0.3) is 0 Å². The molecule has 74 valence electrons. The van der Waals surface area contributed by atoms with Crippen LogP contribution in [0.3, 0.4) is 0 Å². The molecular formula is C9H17N3O. The summed E-state index contributed by atoms with van der Waals surface area (Å²) in [6, 6.07) is 2.15. The van der Waals surface area contributed by atoms with Gasteiger partial charge in [-0.25, -0.2) is 0 Å². The second-order valence-electron chi connectivity index (χ2n) is 3.93. The van der Waals surface area contributed by atoms with Crippen LogP contribution in [0.5, 0.6) is 0 Å². The van der Waals surface area contributed by atoms with Gasteiger partial charge in [0.25, 0.3) is 0 Å². The van der Waals surface area contributed by atoms with E-state index in [1.54, 1.807) is 0 Å². The summed E-state index contributed by atoms with van der Waals surface area (Å²) in [4.78, 5) is 10.7. The third-order valence-corrected chi connectivity index (χ3v) is 1.65. The molecule has 3 N–H and O–H groups in total. The van der Waals surface area contributed by atoms with Crippen LogP contribution in [-0.2, 0) is 4.79 Å². The summed E-state index contributed by atoms with van der Waals surface area (Å²) < 4.78 is 0. The molecule has 1 amide bonds. The Kier molecular flexibility index (Phi) is 4.43. The van der Waals surface area contributed by atoms with Crippen LogP contribution in [0.2, 0.25) is 0 Å². The average Bonchev–Trinajstić information content (AvgIpc) is 1.81. The van der Waals surface area contributed by atoms with E-state index in [1.165, 1.54) is 0 Å². The van der Waals surface area contributed by atoms with E-state index < -0.39 is 0 Å². The van der Waals surface area contributed by atoms with Crippen LogP contribution in [0.4, 0.5) is 0 Å². The molecule has 0 saturated heterocycles. The molecule has 0 aliphatic heterocycles. The molecule has 1 unspecified atom stereocenters. The number of hydrogen-bond acceptors (Lipinski definition) is 3. The number of nitriles is 1. The van der Waals surface area contributed by atoms with Gasteiger partial charge in [-0.1, -0.05) is 0 Å². The van der Waals surface area contributed by atoms with Crippen LogP contribution in [0.15, 0.2) is 0 Å². The van der Waals surface area contributed by atoms with E-state index in [4.69, 9.17) is 11.0 Å². The lowest BCUT2D eigenvalue weighted by Crippen LogP contribution is -2.47. The van der Waals surface area contributed by atoms with E-state index in [-0.39, 0.29) is 23.9 Å². The van der Waals surface area contributed by atoms with Crippen molar-refractivity contribution in [1.29, 1.82) is 5.26 Å². The van der Waals surface area contributed by atoms with Gasteiger partial charge in [-0.05, 0) is 20.8 Å². The summed E-state index contributed by atoms with van der Waals surface area (Å²) in [6.07, 6.45) is 0.713. The maximum atomic E-state index is 10.7. The van der Waals surface area contributed by atoms with Gasteiger partial charge >= 0.3 is 0 Å². The van der Waals surface area contributed by atoms with E-state index in [2.05, 4.69) is 11.4 Å². The Hall–Kier alpha value is -1.08. The fraction of sp³-hybridized carbons (Fsp3) is 0.778. The number of carbonyl (C=O) groups is 1. The second-order valence-corrected chi connectivity index (χ2v) is 3.93. The molecule has 0 aromatic heterocycles. The average molecular weight is 183 g/mol. The standard InChI is InChI=1S/C9H17N3O/c1-7(4-5-10)12-9(2,3)6-8(11)13/h7,12H,4,6H2,1-3H3,(H2,11,13). The van der Waals surface area contributed by atoms with E-state index in [0.717, 1.165) is 0 Å². The molecule has 0 aromatic rings. The lowest BCUT2D eigenvalue weighted by atomic mass is 9.98. The Labute approximate surface area is 79.1 Å². The van der Waals surface area contributed by atoms with Gasteiger partial charge in [-0.3, -0.25) is 4.79 Å². The second kappa shape index (κ2) is 4.83. The number of nitrogens with zero attached hydrogens (tertiary/aromatic N) is 1. The monoisotopic (exact) mass is 183 g/mol. The smallest absolute Gasteiger partial charge is 0.219 e. The number of primary amides is 1. The molecule has 0 saturated carbocycles. The first kappa shape index (κ1) is 11.9. The summed E-state index contributed by atoms with van der Waals surface area (Å²) in [5.74, 6) is -0.332. The van der Waals surface area contributed by atoms with Crippen molar-refractivity contribution in [3.63, 3.8) is 0 Å². The highest BCUT2D eigenvalue weighted by atomic mass is 16.1. The molecule has 4 nitrogen and oxygen atoms in total. The fourth-order valence-corrected chi connectivity index (χ4v) is 1.34. The van der Waals surface area contributed by atoms with E-state index >= 15 is 0 Å². The van der Waals surface area contributed by atoms with Crippen molar-refractivity contribution in [2.45, 2.75) is 45.2 Å². The van der Waals surface area contributed by atoms with Gasteiger partial charge in [0.15, 0.2) is 0 Å². The largest absolute Gasteiger partial charge is 0.370 e. The summed E-state index contributed by atoms with van der Waals surface area (Å²) in [5.41, 5.74) is 4.75. The first-order valence-electron chi connectivity index (χ1n) is 4.30. The lowest BCUT2D eigenvalue weighted by molar-refractivity contribution is -0.119. The Bertz CT molecular complexity index is 217. The summed E-state index contributed by atoms with van der Waals surface area (Å²) in [6.45, 7) is 5.70. The van der Waals surface area contributed by atoms with Crippen molar-refractivity contribution >= 4 is 5.91 Å². The van der Waals surface area contributed by atoms with Crippen LogP contribution in [0.1, 0.15) is 33.6 Å². The molecule has 0 fully saturated rings. The molecule has 1 atom stereocenters. The van der Waals surface area contributed by atoms with Crippen molar-refractivity contribution in [2.75, 3.05) is 0 Å². The van der Waals surface area contributed by atoms with Crippen LogP contribution >= 0.6 is 0 Å². The molecule has 0 heterocycles. The van der Waals surface area contributed by atoms with Gasteiger partial charge in [-0.2, -0.15) is 5.26 Å². The number of nitrogens with one attached hydrogen (secondary N) is 1. The van der Waals surface area contributed by atoms with E-state index in [1.807, 2.05) is 20.8 Å². The van der Waals surface area contributed by atoms with Crippen molar-refractivity contribution in [3.05, 3.63) is 0 Å². The zero-order chi connectivity index (χ0) is 10.5. The van der Waals surface area contributed by atoms with Crippen LogP contribution in [-0.4, -0.2) is 17.5 Å². The highest BCUT2D eigenvalue weighted by molar-refractivity contribution is 5.75. The highest BCUT2D eigenvalue weighted by Crippen LogP contribution is 2.09.